The Kier molecular flexibility index (Phi) is 6.24. The van der Waals surface area contributed by atoms with Crippen molar-refractivity contribution in [2.24, 2.45) is 11.8 Å². The Morgan fingerprint density at radius 1 is 1.36 bits per heavy atom. The van der Waals surface area contributed by atoms with Gasteiger partial charge in [-0.3, -0.25) is 4.79 Å². The van der Waals surface area contributed by atoms with Crippen LogP contribution in [-0.2, 0) is 4.79 Å². The molecule has 0 aromatic heterocycles. The van der Waals surface area contributed by atoms with Gasteiger partial charge in [-0.1, -0.05) is 30.7 Å². The number of halogens is 1. The van der Waals surface area contributed by atoms with E-state index in [1.165, 1.54) is 0 Å². The fraction of sp³-hybridized carbons (Fsp3) is 0.588. The van der Waals surface area contributed by atoms with Crippen molar-refractivity contribution >= 4 is 17.5 Å². The molecule has 2 N–H and O–H groups in total. The minimum absolute atomic E-state index is 0.00254. The molecule has 1 aliphatic rings. The second-order valence-corrected chi connectivity index (χ2v) is 6.55. The zero-order valence-corrected chi connectivity index (χ0v) is 14.0. The summed E-state index contributed by atoms with van der Waals surface area (Å²) in [6.07, 6.45) is 1.19. The molecule has 1 heterocycles. The van der Waals surface area contributed by atoms with Crippen LogP contribution in [0.1, 0.15) is 31.4 Å². The Hall–Kier alpha value is -1.10. The van der Waals surface area contributed by atoms with Crippen LogP contribution in [0.3, 0.4) is 0 Å². The average molecular weight is 325 g/mol. The maximum Gasteiger partial charge on any atom is 0.226 e. The van der Waals surface area contributed by atoms with Gasteiger partial charge >= 0.3 is 0 Å². The van der Waals surface area contributed by atoms with E-state index >= 15 is 0 Å². The van der Waals surface area contributed by atoms with Crippen LogP contribution in [0, 0.1) is 11.8 Å². The minimum atomic E-state index is -0.482. The molecule has 122 valence electrons. The fourth-order valence-corrected chi connectivity index (χ4v) is 3.20. The first kappa shape index (κ1) is 17.3. The second kappa shape index (κ2) is 7.95. The quantitative estimate of drug-likeness (QED) is 0.875. The number of amides is 1. The van der Waals surface area contributed by atoms with Crippen molar-refractivity contribution in [1.82, 2.24) is 10.2 Å². The molecule has 22 heavy (non-hydrogen) atoms. The molecule has 5 heteroatoms. The van der Waals surface area contributed by atoms with Gasteiger partial charge in [0.1, 0.15) is 0 Å². The number of carbonyl (C=O) groups excluding carboxylic acids is 1. The Balaban J connectivity index is 1.89. The Bertz CT molecular complexity index is 484. The first-order valence-corrected chi connectivity index (χ1v) is 8.27. The highest BCUT2D eigenvalue weighted by molar-refractivity contribution is 6.30. The maximum absolute atomic E-state index is 12.3. The van der Waals surface area contributed by atoms with Gasteiger partial charge in [-0.25, -0.2) is 0 Å². The minimum Gasteiger partial charge on any atom is -0.388 e. The van der Waals surface area contributed by atoms with E-state index in [0.717, 1.165) is 31.5 Å². The predicted octanol–water partition coefficient (Wildman–Crippen LogP) is 2.47. The van der Waals surface area contributed by atoms with E-state index in [1.807, 2.05) is 31.0 Å². The molecular formula is C17H25ClN2O2. The Labute approximate surface area is 137 Å². The number of rotatable bonds is 5. The number of hydrogen-bond donors (Lipinski definition) is 2. The first-order valence-electron chi connectivity index (χ1n) is 7.90. The predicted molar refractivity (Wildman–Crippen MR) is 88.8 cm³/mol. The number of nitrogens with zero attached hydrogens (tertiary/aromatic N) is 1. The lowest BCUT2D eigenvalue weighted by Gasteiger charge is -2.35. The molecule has 0 saturated carbocycles. The van der Waals surface area contributed by atoms with Crippen LogP contribution < -0.4 is 5.32 Å². The zero-order valence-electron chi connectivity index (χ0n) is 13.3. The molecule has 0 bridgehead atoms. The normalized spacial score (nSPS) is 19.0. The molecule has 2 unspecified atom stereocenters. The van der Waals surface area contributed by atoms with Crippen LogP contribution in [0.4, 0.5) is 0 Å². The van der Waals surface area contributed by atoms with E-state index < -0.39 is 6.10 Å². The molecular weight excluding hydrogens is 300 g/mol. The zero-order chi connectivity index (χ0) is 16.1. The van der Waals surface area contributed by atoms with Gasteiger partial charge in [0.15, 0.2) is 0 Å². The number of hydrogen-bond acceptors (Lipinski definition) is 3. The standard InChI is InChI=1S/C17H25ClN2O2/c1-12(11-19-2)17(22)20-9-7-14(8-10-20)16(21)13-3-5-15(18)6-4-13/h3-6,12,14,16,19,21H,7-11H2,1-2H3. The van der Waals surface area contributed by atoms with E-state index in [-0.39, 0.29) is 17.7 Å². The summed E-state index contributed by atoms with van der Waals surface area (Å²) in [5, 5.41) is 14.2. The van der Waals surface area contributed by atoms with Gasteiger partial charge in [0.2, 0.25) is 5.91 Å². The first-order chi connectivity index (χ1) is 10.5. The summed E-state index contributed by atoms with van der Waals surface area (Å²) in [6.45, 7) is 4.10. The maximum atomic E-state index is 12.3. The van der Waals surface area contributed by atoms with Crippen molar-refractivity contribution in [3.63, 3.8) is 0 Å². The Morgan fingerprint density at radius 3 is 2.50 bits per heavy atom. The molecule has 1 aromatic carbocycles. The SMILES string of the molecule is CNCC(C)C(=O)N1CCC(C(O)c2ccc(Cl)cc2)CC1. The molecule has 1 amide bonds. The molecule has 1 aromatic rings. The average Bonchev–Trinajstić information content (AvgIpc) is 2.54. The topological polar surface area (TPSA) is 52.6 Å². The molecule has 0 spiro atoms. The number of likely N-dealkylation sites (tertiary alicyclic amines) is 1. The number of aliphatic hydroxyl groups excluding tert-OH is 1. The molecule has 2 rings (SSSR count). The van der Waals surface area contributed by atoms with Crippen molar-refractivity contribution in [2.75, 3.05) is 26.7 Å². The number of benzene rings is 1. The summed E-state index contributed by atoms with van der Waals surface area (Å²) in [6, 6.07) is 7.36. The van der Waals surface area contributed by atoms with Gasteiger partial charge in [0, 0.05) is 30.6 Å². The summed E-state index contributed by atoms with van der Waals surface area (Å²) in [5.41, 5.74) is 0.901. The highest BCUT2D eigenvalue weighted by Crippen LogP contribution is 2.31. The van der Waals surface area contributed by atoms with Crippen molar-refractivity contribution < 1.29 is 9.90 Å². The second-order valence-electron chi connectivity index (χ2n) is 6.12. The largest absolute Gasteiger partial charge is 0.388 e. The number of nitrogens with one attached hydrogen (secondary N) is 1. The smallest absolute Gasteiger partial charge is 0.226 e. The molecule has 0 radical (unpaired) electrons. The summed E-state index contributed by atoms with van der Waals surface area (Å²) in [7, 11) is 1.86. The van der Waals surface area contributed by atoms with Crippen LogP contribution in [-0.4, -0.2) is 42.6 Å². The fourth-order valence-electron chi connectivity index (χ4n) is 3.07. The third-order valence-corrected chi connectivity index (χ3v) is 4.69. The van der Waals surface area contributed by atoms with Crippen LogP contribution >= 0.6 is 11.6 Å². The number of aliphatic hydroxyl groups is 1. The van der Waals surface area contributed by atoms with E-state index in [0.29, 0.717) is 11.6 Å². The molecule has 0 aliphatic carbocycles. The number of carbonyl (C=O) groups is 1. The lowest BCUT2D eigenvalue weighted by molar-refractivity contribution is -0.136. The van der Waals surface area contributed by atoms with Crippen LogP contribution in [0.25, 0.3) is 0 Å². The lowest BCUT2D eigenvalue weighted by Crippen LogP contribution is -2.44. The van der Waals surface area contributed by atoms with Crippen molar-refractivity contribution in [1.29, 1.82) is 0 Å². The third kappa shape index (κ3) is 4.22. The van der Waals surface area contributed by atoms with Gasteiger partial charge < -0.3 is 15.3 Å². The van der Waals surface area contributed by atoms with E-state index in [4.69, 9.17) is 11.6 Å². The third-order valence-electron chi connectivity index (χ3n) is 4.44. The van der Waals surface area contributed by atoms with Gasteiger partial charge in [0.05, 0.1) is 6.10 Å². The van der Waals surface area contributed by atoms with Crippen molar-refractivity contribution in [2.45, 2.75) is 25.9 Å². The lowest BCUT2D eigenvalue weighted by atomic mass is 9.87. The monoisotopic (exact) mass is 324 g/mol. The highest BCUT2D eigenvalue weighted by Gasteiger charge is 2.29. The number of piperidine rings is 1. The summed E-state index contributed by atoms with van der Waals surface area (Å²) in [4.78, 5) is 14.2. The molecule has 4 nitrogen and oxygen atoms in total. The van der Waals surface area contributed by atoms with Gasteiger partial charge in [-0.15, -0.1) is 0 Å². The van der Waals surface area contributed by atoms with E-state index in [1.54, 1.807) is 12.1 Å². The van der Waals surface area contributed by atoms with Gasteiger partial charge in [0.25, 0.3) is 0 Å². The van der Waals surface area contributed by atoms with E-state index in [9.17, 15) is 9.90 Å². The summed E-state index contributed by atoms with van der Waals surface area (Å²) < 4.78 is 0. The van der Waals surface area contributed by atoms with Gasteiger partial charge in [-0.05, 0) is 43.5 Å². The van der Waals surface area contributed by atoms with E-state index in [2.05, 4.69) is 5.32 Å². The van der Waals surface area contributed by atoms with Crippen LogP contribution in [0.2, 0.25) is 5.02 Å². The molecule has 1 aliphatic heterocycles. The van der Waals surface area contributed by atoms with Crippen LogP contribution in [0.5, 0.6) is 0 Å². The molecule has 1 saturated heterocycles. The summed E-state index contributed by atoms with van der Waals surface area (Å²) >= 11 is 5.88. The molecule has 2 atom stereocenters. The van der Waals surface area contributed by atoms with Gasteiger partial charge in [-0.2, -0.15) is 0 Å². The molecule has 1 fully saturated rings. The Morgan fingerprint density at radius 2 is 1.95 bits per heavy atom. The van der Waals surface area contributed by atoms with Crippen molar-refractivity contribution in [3.8, 4) is 0 Å². The highest BCUT2D eigenvalue weighted by atomic mass is 35.5. The van der Waals surface area contributed by atoms with Crippen molar-refractivity contribution in [3.05, 3.63) is 34.9 Å². The van der Waals surface area contributed by atoms with Crippen LogP contribution in [0.15, 0.2) is 24.3 Å². The summed E-state index contributed by atoms with van der Waals surface area (Å²) in [5.74, 6) is 0.404.